The van der Waals surface area contributed by atoms with Gasteiger partial charge in [-0.3, -0.25) is 4.79 Å². The Hall–Kier alpha value is -2.16. The number of benzene rings is 2. The van der Waals surface area contributed by atoms with E-state index < -0.39 is 0 Å². The lowest BCUT2D eigenvalue weighted by atomic mass is 9.88. The lowest BCUT2D eigenvalue weighted by Gasteiger charge is -2.18. The molecule has 0 amide bonds. The first-order chi connectivity index (χ1) is 10.8. The maximum Gasteiger partial charge on any atom is 0.313 e. The van der Waals surface area contributed by atoms with Crippen molar-refractivity contribution < 1.29 is 14.3 Å². The number of unbranched alkanes of at least 4 members (excludes halogenated alkanes) is 1. The van der Waals surface area contributed by atoms with Gasteiger partial charge in [-0.25, -0.2) is 0 Å². The molecule has 0 aromatic heterocycles. The average molecular weight is 296 g/mol. The van der Waals surface area contributed by atoms with Gasteiger partial charge in [-0.05, 0) is 53.1 Å². The largest absolute Gasteiger partial charge is 0.469 e. The third-order valence-electron chi connectivity index (χ3n) is 4.60. The quantitative estimate of drug-likeness (QED) is 0.465. The molecule has 0 saturated carbocycles. The van der Waals surface area contributed by atoms with Crippen LogP contribution in [0.3, 0.4) is 0 Å². The number of esters is 1. The van der Waals surface area contributed by atoms with E-state index in [0.717, 1.165) is 24.7 Å². The maximum atomic E-state index is 12.2. The lowest BCUT2D eigenvalue weighted by Crippen LogP contribution is -2.16. The van der Waals surface area contributed by atoms with Crippen LogP contribution in [0, 0.1) is 0 Å². The second-order valence-electron chi connectivity index (χ2n) is 5.82. The summed E-state index contributed by atoms with van der Waals surface area (Å²) in [6, 6.07) is 10.5. The molecule has 0 bridgehead atoms. The van der Waals surface area contributed by atoms with Crippen molar-refractivity contribution in [3.05, 3.63) is 47.0 Å². The molecule has 114 valence electrons. The third kappa shape index (κ3) is 2.52. The topological polar surface area (TPSA) is 43.4 Å². The van der Waals surface area contributed by atoms with Crippen molar-refractivity contribution >= 4 is 23.0 Å². The fraction of sp³-hybridized carbons (Fsp3) is 0.368. The van der Waals surface area contributed by atoms with Crippen molar-refractivity contribution in [1.29, 1.82) is 0 Å². The molecule has 1 aliphatic carbocycles. The van der Waals surface area contributed by atoms with Crippen molar-refractivity contribution in [2.24, 2.45) is 0 Å². The summed E-state index contributed by atoms with van der Waals surface area (Å²) in [6.07, 6.45) is 4.78. The molecule has 22 heavy (non-hydrogen) atoms. The molecular weight excluding hydrogens is 276 g/mol. The van der Waals surface area contributed by atoms with E-state index in [9.17, 15) is 9.59 Å². The van der Waals surface area contributed by atoms with Crippen LogP contribution in [0.2, 0.25) is 0 Å². The molecule has 0 spiro atoms. The van der Waals surface area contributed by atoms with E-state index in [2.05, 4.69) is 30.3 Å². The van der Waals surface area contributed by atoms with Crippen molar-refractivity contribution in [3.63, 3.8) is 0 Å². The minimum atomic E-state index is -0.268. The number of carbonyl (C=O) groups is 2. The van der Waals surface area contributed by atoms with Crippen LogP contribution >= 0.6 is 0 Å². The monoisotopic (exact) mass is 296 g/mol. The average Bonchev–Trinajstić information content (AvgIpc) is 2.98. The summed E-state index contributed by atoms with van der Waals surface area (Å²) in [4.78, 5) is 22.8. The number of ether oxygens (including phenoxy) is 1. The molecule has 3 heteroatoms. The number of methoxy groups -OCH3 is 1. The number of aryl methyl sites for hydroxylation is 2. The summed E-state index contributed by atoms with van der Waals surface area (Å²) >= 11 is 0. The van der Waals surface area contributed by atoms with Crippen LogP contribution in [0.4, 0.5) is 0 Å². The highest BCUT2D eigenvalue weighted by atomic mass is 16.5. The first-order valence-corrected chi connectivity index (χ1v) is 7.81. The zero-order valence-electron chi connectivity index (χ0n) is 12.8. The van der Waals surface area contributed by atoms with Gasteiger partial charge in [0.25, 0.3) is 0 Å². The molecular formula is C19H20O3. The predicted octanol–water partition coefficient (Wildman–Crippen LogP) is 3.56. The molecule has 3 nitrogen and oxygen atoms in total. The summed E-state index contributed by atoms with van der Waals surface area (Å²) in [5, 5.41) is 2.55. The third-order valence-corrected chi connectivity index (χ3v) is 4.60. The zero-order chi connectivity index (χ0) is 15.5. The van der Waals surface area contributed by atoms with Gasteiger partial charge in [-0.15, -0.1) is 0 Å². The maximum absolute atomic E-state index is 12.2. The molecule has 0 heterocycles. The molecule has 1 aliphatic rings. The highest BCUT2D eigenvalue weighted by Crippen LogP contribution is 2.37. The van der Waals surface area contributed by atoms with Crippen molar-refractivity contribution in [3.8, 4) is 0 Å². The molecule has 2 aromatic carbocycles. The van der Waals surface area contributed by atoms with E-state index in [1.54, 1.807) is 0 Å². The van der Waals surface area contributed by atoms with Gasteiger partial charge < -0.3 is 9.53 Å². The predicted molar refractivity (Wildman–Crippen MR) is 86.0 cm³/mol. The summed E-state index contributed by atoms with van der Waals surface area (Å²) in [5.74, 6) is -0.471. The van der Waals surface area contributed by atoms with Gasteiger partial charge >= 0.3 is 5.97 Å². The highest BCUT2D eigenvalue weighted by molar-refractivity contribution is 5.93. The summed E-state index contributed by atoms with van der Waals surface area (Å²) in [6.45, 7) is 0. The molecule has 3 rings (SSSR count). The summed E-state index contributed by atoms with van der Waals surface area (Å²) in [7, 11) is 1.43. The van der Waals surface area contributed by atoms with Gasteiger partial charge in [0.15, 0.2) is 0 Å². The van der Waals surface area contributed by atoms with Crippen molar-refractivity contribution in [1.82, 2.24) is 0 Å². The Bertz CT molecular complexity index is 718. The number of carbonyl (C=O) groups excluding carboxylic acids is 2. The number of aldehydes is 1. The zero-order valence-corrected chi connectivity index (χ0v) is 12.8. The van der Waals surface area contributed by atoms with E-state index >= 15 is 0 Å². The Kier molecular flexibility index (Phi) is 4.23. The fourth-order valence-corrected chi connectivity index (χ4v) is 3.56. The van der Waals surface area contributed by atoms with Crippen LogP contribution in [0.5, 0.6) is 0 Å². The van der Waals surface area contributed by atoms with Gasteiger partial charge in [0, 0.05) is 6.42 Å². The van der Waals surface area contributed by atoms with Crippen LogP contribution in [-0.4, -0.2) is 19.4 Å². The Labute approximate surface area is 130 Å². The molecule has 0 radical (unpaired) electrons. The van der Waals surface area contributed by atoms with Crippen LogP contribution in [0.25, 0.3) is 10.8 Å². The van der Waals surface area contributed by atoms with Gasteiger partial charge in [0.1, 0.15) is 6.29 Å². The van der Waals surface area contributed by atoms with E-state index in [-0.39, 0.29) is 11.9 Å². The molecule has 2 aromatic rings. The Morgan fingerprint density at radius 3 is 2.91 bits per heavy atom. The Balaban J connectivity index is 2.03. The first kappa shape index (κ1) is 14.8. The molecule has 1 atom stereocenters. The molecule has 1 unspecified atom stereocenters. The van der Waals surface area contributed by atoms with Crippen LogP contribution in [-0.2, 0) is 27.2 Å². The van der Waals surface area contributed by atoms with E-state index in [1.165, 1.54) is 29.0 Å². The summed E-state index contributed by atoms with van der Waals surface area (Å²) in [5.41, 5.74) is 3.73. The van der Waals surface area contributed by atoms with Gasteiger partial charge in [-0.2, -0.15) is 0 Å². The number of hydrogen-bond donors (Lipinski definition) is 0. The number of rotatable bonds is 6. The SMILES string of the molecule is COC(=O)C(CCCC=O)c1ccc2cccc3c2c1CC3. The van der Waals surface area contributed by atoms with Crippen molar-refractivity contribution in [2.75, 3.05) is 7.11 Å². The van der Waals surface area contributed by atoms with E-state index in [1.807, 2.05) is 0 Å². The van der Waals surface area contributed by atoms with Gasteiger partial charge in [-0.1, -0.05) is 30.3 Å². The molecule has 0 saturated heterocycles. The van der Waals surface area contributed by atoms with Crippen LogP contribution in [0.15, 0.2) is 30.3 Å². The van der Waals surface area contributed by atoms with Gasteiger partial charge in [0.2, 0.25) is 0 Å². The Morgan fingerprint density at radius 1 is 1.27 bits per heavy atom. The summed E-state index contributed by atoms with van der Waals surface area (Å²) < 4.78 is 5.00. The highest BCUT2D eigenvalue weighted by Gasteiger charge is 2.27. The second-order valence-corrected chi connectivity index (χ2v) is 5.82. The lowest BCUT2D eigenvalue weighted by molar-refractivity contribution is -0.142. The second kappa shape index (κ2) is 6.30. The standard InChI is InChI=1S/C19H20O3/c1-22-19(21)17(7-2-3-12-20)15-10-8-13-5-4-6-14-9-11-16(15)18(13)14/h4-6,8,10,12,17H,2-3,7,9,11H2,1H3. The smallest absolute Gasteiger partial charge is 0.313 e. The van der Waals surface area contributed by atoms with Crippen LogP contribution < -0.4 is 0 Å². The molecule has 0 aliphatic heterocycles. The molecule has 0 fully saturated rings. The molecule has 0 N–H and O–H groups in total. The van der Waals surface area contributed by atoms with E-state index in [4.69, 9.17) is 4.74 Å². The van der Waals surface area contributed by atoms with Crippen LogP contribution in [0.1, 0.15) is 41.9 Å². The number of hydrogen-bond acceptors (Lipinski definition) is 3. The first-order valence-electron chi connectivity index (χ1n) is 7.81. The fourth-order valence-electron chi connectivity index (χ4n) is 3.56. The van der Waals surface area contributed by atoms with E-state index in [0.29, 0.717) is 19.3 Å². The minimum absolute atomic E-state index is 0.203. The minimum Gasteiger partial charge on any atom is -0.469 e. The normalized spacial score (nSPS) is 14.0. The van der Waals surface area contributed by atoms with Gasteiger partial charge in [0.05, 0.1) is 13.0 Å². The Morgan fingerprint density at radius 2 is 2.14 bits per heavy atom. The van der Waals surface area contributed by atoms with Crippen molar-refractivity contribution in [2.45, 2.75) is 38.0 Å².